The standard InChI is InChI=1S/C19H21FN2O3/c20-15-7-3-6-14-17(15)19(25)22(18(14)24)11-16(23)21-9-8-12-4-1-2-5-13(12)10-21/h3,6-7,12-13H,1-2,4-5,8-11H2. The predicted molar refractivity (Wildman–Crippen MR) is 88.4 cm³/mol. The van der Waals surface area contributed by atoms with Crippen LogP contribution in [0.4, 0.5) is 4.39 Å². The number of amides is 3. The average Bonchev–Trinajstić information content (AvgIpc) is 2.87. The minimum absolute atomic E-state index is 0.0452. The van der Waals surface area contributed by atoms with Crippen LogP contribution in [0.5, 0.6) is 0 Å². The minimum atomic E-state index is -0.714. The fourth-order valence-electron chi connectivity index (χ4n) is 4.50. The highest BCUT2D eigenvalue weighted by Crippen LogP contribution is 2.36. The van der Waals surface area contributed by atoms with Gasteiger partial charge in [-0.05, 0) is 36.8 Å². The predicted octanol–water partition coefficient (Wildman–Crippen LogP) is 2.46. The molecule has 1 saturated heterocycles. The quantitative estimate of drug-likeness (QED) is 0.775. The van der Waals surface area contributed by atoms with E-state index in [1.165, 1.54) is 31.4 Å². The molecule has 0 aromatic heterocycles. The second kappa shape index (κ2) is 6.24. The molecule has 4 rings (SSSR count). The maximum absolute atomic E-state index is 13.9. The number of carbonyl (C=O) groups is 3. The van der Waals surface area contributed by atoms with E-state index in [1.807, 2.05) is 0 Å². The minimum Gasteiger partial charge on any atom is -0.341 e. The molecule has 2 atom stereocenters. The van der Waals surface area contributed by atoms with E-state index in [-0.39, 0.29) is 23.6 Å². The Hall–Kier alpha value is -2.24. The van der Waals surface area contributed by atoms with E-state index >= 15 is 0 Å². The number of nitrogens with zero attached hydrogens (tertiary/aromatic N) is 2. The molecule has 1 saturated carbocycles. The van der Waals surface area contributed by atoms with Crippen LogP contribution >= 0.6 is 0 Å². The number of rotatable bonds is 2. The summed E-state index contributed by atoms with van der Waals surface area (Å²) in [7, 11) is 0. The second-order valence-electron chi connectivity index (χ2n) is 7.29. The molecule has 3 aliphatic rings. The van der Waals surface area contributed by atoms with Gasteiger partial charge in [-0.25, -0.2) is 4.39 Å². The highest BCUT2D eigenvalue weighted by molar-refractivity contribution is 6.22. The van der Waals surface area contributed by atoms with Gasteiger partial charge >= 0.3 is 0 Å². The molecule has 0 bridgehead atoms. The first kappa shape index (κ1) is 16.2. The summed E-state index contributed by atoms with van der Waals surface area (Å²) in [6, 6.07) is 3.98. The van der Waals surface area contributed by atoms with Gasteiger partial charge in [0.05, 0.1) is 11.1 Å². The molecule has 2 aliphatic heterocycles. The van der Waals surface area contributed by atoms with Crippen LogP contribution in [-0.4, -0.2) is 47.2 Å². The zero-order valence-electron chi connectivity index (χ0n) is 14.0. The van der Waals surface area contributed by atoms with Crippen LogP contribution in [-0.2, 0) is 4.79 Å². The Labute approximate surface area is 145 Å². The summed E-state index contributed by atoms with van der Waals surface area (Å²) in [6.07, 6.45) is 5.86. The van der Waals surface area contributed by atoms with Crippen LogP contribution in [0, 0.1) is 17.7 Å². The molecule has 6 heteroatoms. The summed E-state index contributed by atoms with van der Waals surface area (Å²) in [4.78, 5) is 40.0. The fourth-order valence-corrected chi connectivity index (χ4v) is 4.50. The molecule has 0 spiro atoms. The Balaban J connectivity index is 1.46. The van der Waals surface area contributed by atoms with Crippen LogP contribution in [0.15, 0.2) is 18.2 Å². The molecule has 3 amide bonds. The van der Waals surface area contributed by atoms with E-state index in [0.29, 0.717) is 24.9 Å². The molecular formula is C19H21FN2O3. The third kappa shape index (κ3) is 2.73. The van der Waals surface area contributed by atoms with E-state index in [4.69, 9.17) is 0 Å². The zero-order chi connectivity index (χ0) is 17.6. The van der Waals surface area contributed by atoms with Crippen molar-refractivity contribution in [2.24, 2.45) is 11.8 Å². The summed E-state index contributed by atoms with van der Waals surface area (Å²) in [5, 5.41) is 0. The molecule has 1 aliphatic carbocycles. The first-order chi connectivity index (χ1) is 12.1. The Morgan fingerprint density at radius 3 is 2.60 bits per heavy atom. The topological polar surface area (TPSA) is 57.7 Å². The van der Waals surface area contributed by atoms with Crippen molar-refractivity contribution in [1.82, 2.24) is 9.80 Å². The normalized spacial score (nSPS) is 25.8. The molecule has 1 aromatic carbocycles. The summed E-state index contributed by atoms with van der Waals surface area (Å²) in [5.74, 6) is -0.996. The van der Waals surface area contributed by atoms with Gasteiger partial charge < -0.3 is 4.90 Å². The van der Waals surface area contributed by atoms with Crippen LogP contribution < -0.4 is 0 Å². The highest BCUT2D eigenvalue weighted by atomic mass is 19.1. The maximum atomic E-state index is 13.9. The van der Waals surface area contributed by atoms with Crippen molar-refractivity contribution in [3.05, 3.63) is 35.1 Å². The second-order valence-corrected chi connectivity index (χ2v) is 7.29. The summed E-state index contributed by atoms with van der Waals surface area (Å²) < 4.78 is 13.9. The van der Waals surface area contributed by atoms with Crippen molar-refractivity contribution in [2.45, 2.75) is 32.1 Å². The Kier molecular flexibility index (Phi) is 4.06. The van der Waals surface area contributed by atoms with Crippen molar-refractivity contribution in [1.29, 1.82) is 0 Å². The molecule has 5 nitrogen and oxygen atoms in total. The monoisotopic (exact) mass is 344 g/mol. The SMILES string of the molecule is O=C(CN1C(=O)c2cccc(F)c2C1=O)N1CCC2CCCCC2C1. The first-order valence-corrected chi connectivity index (χ1v) is 8.98. The molecular weight excluding hydrogens is 323 g/mol. The largest absolute Gasteiger partial charge is 0.341 e. The molecule has 1 aromatic rings. The van der Waals surface area contributed by atoms with Gasteiger partial charge in [0.15, 0.2) is 0 Å². The molecule has 0 N–H and O–H groups in total. The smallest absolute Gasteiger partial charge is 0.265 e. The van der Waals surface area contributed by atoms with Gasteiger partial charge in [-0.15, -0.1) is 0 Å². The number of halogens is 1. The summed E-state index contributed by atoms with van der Waals surface area (Å²) >= 11 is 0. The van der Waals surface area contributed by atoms with Gasteiger partial charge in [0.1, 0.15) is 12.4 Å². The van der Waals surface area contributed by atoms with Gasteiger partial charge in [-0.1, -0.05) is 25.3 Å². The van der Waals surface area contributed by atoms with Gasteiger partial charge in [0, 0.05) is 13.1 Å². The van der Waals surface area contributed by atoms with Crippen LogP contribution in [0.3, 0.4) is 0 Å². The Bertz CT molecular complexity index is 748. The van der Waals surface area contributed by atoms with Gasteiger partial charge in [-0.2, -0.15) is 0 Å². The average molecular weight is 344 g/mol. The number of imide groups is 1. The lowest BCUT2D eigenvalue weighted by atomic mass is 9.75. The first-order valence-electron chi connectivity index (χ1n) is 8.98. The van der Waals surface area contributed by atoms with E-state index in [1.54, 1.807) is 4.90 Å². The van der Waals surface area contributed by atoms with Crippen molar-refractivity contribution in [2.75, 3.05) is 19.6 Å². The summed E-state index contributed by atoms with van der Waals surface area (Å²) in [6.45, 7) is 1.09. The van der Waals surface area contributed by atoms with Crippen molar-refractivity contribution >= 4 is 17.7 Å². The van der Waals surface area contributed by atoms with Crippen molar-refractivity contribution in [3.8, 4) is 0 Å². The van der Waals surface area contributed by atoms with Crippen LogP contribution in [0.2, 0.25) is 0 Å². The third-order valence-electron chi connectivity index (χ3n) is 5.89. The van der Waals surface area contributed by atoms with Crippen molar-refractivity contribution in [3.63, 3.8) is 0 Å². The van der Waals surface area contributed by atoms with E-state index in [2.05, 4.69) is 0 Å². The Morgan fingerprint density at radius 2 is 1.84 bits per heavy atom. The third-order valence-corrected chi connectivity index (χ3v) is 5.89. The van der Waals surface area contributed by atoms with E-state index < -0.39 is 17.6 Å². The number of hydrogen-bond acceptors (Lipinski definition) is 3. The molecule has 2 heterocycles. The number of hydrogen-bond donors (Lipinski definition) is 0. The number of piperidine rings is 1. The number of fused-ring (bicyclic) bond motifs is 2. The molecule has 25 heavy (non-hydrogen) atoms. The number of carbonyl (C=O) groups excluding carboxylic acids is 3. The van der Waals surface area contributed by atoms with Gasteiger partial charge in [0.2, 0.25) is 5.91 Å². The lowest BCUT2D eigenvalue weighted by Crippen LogP contribution is -2.49. The van der Waals surface area contributed by atoms with Crippen molar-refractivity contribution < 1.29 is 18.8 Å². The molecule has 2 unspecified atom stereocenters. The van der Waals surface area contributed by atoms with Crippen LogP contribution in [0.25, 0.3) is 0 Å². The highest BCUT2D eigenvalue weighted by Gasteiger charge is 2.40. The number of likely N-dealkylation sites (tertiary alicyclic amines) is 1. The van der Waals surface area contributed by atoms with E-state index in [9.17, 15) is 18.8 Å². The summed E-state index contributed by atoms with van der Waals surface area (Å²) in [5.41, 5.74) is -0.171. The molecule has 2 fully saturated rings. The lowest BCUT2D eigenvalue weighted by Gasteiger charge is -2.41. The maximum Gasteiger partial charge on any atom is 0.265 e. The van der Waals surface area contributed by atoms with Gasteiger partial charge in [0.25, 0.3) is 11.8 Å². The van der Waals surface area contributed by atoms with Crippen LogP contribution in [0.1, 0.15) is 52.8 Å². The Morgan fingerprint density at radius 1 is 1.08 bits per heavy atom. The lowest BCUT2D eigenvalue weighted by molar-refractivity contribution is -0.134. The fraction of sp³-hybridized carbons (Fsp3) is 0.526. The van der Waals surface area contributed by atoms with Gasteiger partial charge in [-0.3, -0.25) is 19.3 Å². The molecule has 0 radical (unpaired) electrons. The molecule has 132 valence electrons. The van der Waals surface area contributed by atoms with E-state index in [0.717, 1.165) is 23.8 Å². The number of benzene rings is 1. The zero-order valence-corrected chi connectivity index (χ0v) is 14.0.